The van der Waals surface area contributed by atoms with Crippen molar-refractivity contribution in [3.8, 4) is 11.5 Å². The molecule has 1 aliphatic heterocycles. The molecule has 128 valence electrons. The number of ketones is 1. The highest BCUT2D eigenvalue weighted by molar-refractivity contribution is 6.45. The molecule has 1 aromatic rings. The molecule has 24 heavy (non-hydrogen) atoms. The molecule has 1 heterocycles. The van der Waals surface area contributed by atoms with Crippen LogP contribution in [0.4, 0.5) is 4.79 Å². The summed E-state index contributed by atoms with van der Waals surface area (Å²) in [6, 6.07) is 3.80. The third-order valence-corrected chi connectivity index (χ3v) is 3.59. The number of methoxy groups -OCH3 is 2. The number of carbonyl (C=O) groups excluding carboxylic acids is 4. The smallest absolute Gasteiger partial charge is 0.334 e. The topological polar surface area (TPSA) is 93.2 Å². The van der Waals surface area contributed by atoms with Crippen LogP contribution in [0.1, 0.15) is 23.7 Å². The van der Waals surface area contributed by atoms with Gasteiger partial charge in [0.15, 0.2) is 5.78 Å². The summed E-state index contributed by atoms with van der Waals surface area (Å²) in [4.78, 5) is 49.8. The van der Waals surface area contributed by atoms with Crippen LogP contribution in [-0.4, -0.2) is 60.7 Å². The van der Waals surface area contributed by atoms with E-state index in [2.05, 4.69) is 0 Å². The van der Waals surface area contributed by atoms with E-state index in [4.69, 9.17) is 9.47 Å². The van der Waals surface area contributed by atoms with Crippen molar-refractivity contribution in [1.29, 1.82) is 0 Å². The minimum absolute atomic E-state index is 0.139. The number of Topliss-reactive ketones (excluding diaryl/α,β-unsaturated/α-hetero) is 1. The molecule has 0 spiro atoms. The van der Waals surface area contributed by atoms with Crippen LogP contribution in [0.25, 0.3) is 0 Å². The Morgan fingerprint density at radius 1 is 1.04 bits per heavy atom. The summed E-state index contributed by atoms with van der Waals surface area (Å²) < 4.78 is 10.2. The molecule has 1 aromatic carbocycles. The van der Waals surface area contributed by atoms with Gasteiger partial charge in [-0.2, -0.15) is 0 Å². The van der Waals surface area contributed by atoms with Gasteiger partial charge in [0.05, 0.1) is 26.3 Å². The van der Waals surface area contributed by atoms with Crippen LogP contribution in [0.3, 0.4) is 0 Å². The van der Waals surface area contributed by atoms with Crippen LogP contribution < -0.4 is 9.47 Å². The van der Waals surface area contributed by atoms with E-state index < -0.39 is 30.2 Å². The molecule has 0 saturated carbocycles. The second-order valence-electron chi connectivity index (χ2n) is 5.12. The van der Waals surface area contributed by atoms with E-state index in [1.807, 2.05) is 0 Å². The normalized spacial score (nSPS) is 14.4. The van der Waals surface area contributed by atoms with E-state index in [-0.39, 0.29) is 17.9 Å². The van der Waals surface area contributed by atoms with Gasteiger partial charge in [-0.3, -0.25) is 19.3 Å². The lowest BCUT2D eigenvalue weighted by Crippen LogP contribution is -2.37. The predicted octanol–water partition coefficient (Wildman–Crippen LogP) is 1.09. The molecule has 1 aliphatic rings. The van der Waals surface area contributed by atoms with Gasteiger partial charge in [0, 0.05) is 12.6 Å². The van der Waals surface area contributed by atoms with Crippen molar-refractivity contribution in [2.75, 3.05) is 27.3 Å². The summed E-state index contributed by atoms with van der Waals surface area (Å²) in [5, 5.41) is 0. The summed E-state index contributed by atoms with van der Waals surface area (Å²) in [5.41, 5.74) is 0.195. The molecule has 0 unspecified atom stereocenters. The third-order valence-electron chi connectivity index (χ3n) is 3.59. The van der Waals surface area contributed by atoms with Crippen LogP contribution in [0, 0.1) is 0 Å². The van der Waals surface area contributed by atoms with Crippen molar-refractivity contribution in [2.45, 2.75) is 13.3 Å². The number of hydrogen-bond donors (Lipinski definition) is 0. The zero-order valence-corrected chi connectivity index (χ0v) is 13.7. The molecule has 0 N–H and O–H groups in total. The van der Waals surface area contributed by atoms with Crippen LogP contribution >= 0.6 is 0 Å². The number of hydrogen-bond acceptors (Lipinski definition) is 6. The molecule has 0 radical (unpaired) electrons. The number of benzene rings is 1. The lowest BCUT2D eigenvalue weighted by Gasteiger charge is -2.15. The monoisotopic (exact) mass is 334 g/mol. The second-order valence-corrected chi connectivity index (χ2v) is 5.12. The summed E-state index contributed by atoms with van der Waals surface area (Å²) in [5.74, 6) is -1.65. The lowest BCUT2D eigenvalue weighted by atomic mass is 10.1. The van der Waals surface area contributed by atoms with Gasteiger partial charge in [0.2, 0.25) is 0 Å². The maximum atomic E-state index is 12.4. The Balaban J connectivity index is 2.22. The Labute approximate surface area is 138 Å². The molecule has 4 amide bonds. The Hall–Kier alpha value is -2.90. The molecular weight excluding hydrogens is 316 g/mol. The van der Waals surface area contributed by atoms with E-state index in [1.54, 1.807) is 13.0 Å². The molecule has 8 nitrogen and oxygen atoms in total. The number of carbonyl (C=O) groups is 4. The number of nitrogens with zero attached hydrogens (tertiary/aromatic N) is 2. The van der Waals surface area contributed by atoms with Crippen molar-refractivity contribution in [3.05, 3.63) is 23.8 Å². The summed E-state index contributed by atoms with van der Waals surface area (Å²) >= 11 is 0. The average molecular weight is 334 g/mol. The van der Waals surface area contributed by atoms with Crippen molar-refractivity contribution >= 4 is 23.6 Å². The molecule has 0 atom stereocenters. The molecule has 8 heteroatoms. The Morgan fingerprint density at radius 3 is 2.29 bits per heavy atom. The molecule has 1 saturated heterocycles. The molecular formula is C16H18N2O6. The van der Waals surface area contributed by atoms with Gasteiger partial charge in [-0.05, 0) is 18.6 Å². The average Bonchev–Trinajstić information content (AvgIpc) is 2.79. The first-order chi connectivity index (χ1) is 11.4. The van der Waals surface area contributed by atoms with E-state index in [0.29, 0.717) is 17.1 Å². The highest BCUT2D eigenvalue weighted by Gasteiger charge is 2.44. The zero-order chi connectivity index (χ0) is 17.9. The molecule has 1 fully saturated rings. The maximum Gasteiger partial charge on any atom is 0.334 e. The first kappa shape index (κ1) is 17.5. The van der Waals surface area contributed by atoms with Gasteiger partial charge >= 0.3 is 17.8 Å². The number of ether oxygens (including phenoxy) is 2. The van der Waals surface area contributed by atoms with Gasteiger partial charge in [0.25, 0.3) is 0 Å². The first-order valence-corrected chi connectivity index (χ1v) is 7.37. The van der Waals surface area contributed by atoms with Crippen LogP contribution in [0.5, 0.6) is 11.5 Å². The fourth-order valence-electron chi connectivity index (χ4n) is 2.37. The zero-order valence-electron chi connectivity index (χ0n) is 13.7. The van der Waals surface area contributed by atoms with Gasteiger partial charge < -0.3 is 9.47 Å². The highest BCUT2D eigenvalue weighted by Crippen LogP contribution is 2.25. The summed E-state index contributed by atoms with van der Waals surface area (Å²) in [6.07, 6.45) is 0.527. The minimum Gasteiger partial charge on any atom is -0.497 e. The first-order valence-electron chi connectivity index (χ1n) is 7.37. The Kier molecular flexibility index (Phi) is 5.18. The van der Waals surface area contributed by atoms with E-state index in [1.165, 1.54) is 26.4 Å². The quantitative estimate of drug-likeness (QED) is 0.421. The molecule has 2 rings (SSSR count). The minimum atomic E-state index is -0.991. The lowest BCUT2D eigenvalue weighted by molar-refractivity contribution is -0.143. The standard InChI is InChI=1S/C16H18N2O6/c1-4-7-17-14(20)15(21)18(16(17)22)9-12(19)11-6-5-10(23-2)8-13(11)24-3/h5-6,8H,4,7,9H2,1-3H3. The van der Waals surface area contributed by atoms with Crippen molar-refractivity contribution in [3.63, 3.8) is 0 Å². The van der Waals surface area contributed by atoms with Crippen molar-refractivity contribution in [1.82, 2.24) is 9.80 Å². The molecule has 0 bridgehead atoms. The second kappa shape index (κ2) is 7.12. The van der Waals surface area contributed by atoms with Gasteiger partial charge in [0.1, 0.15) is 11.5 Å². The van der Waals surface area contributed by atoms with Crippen molar-refractivity contribution in [2.24, 2.45) is 0 Å². The number of urea groups is 1. The number of rotatable bonds is 7. The SMILES string of the molecule is CCCN1C(=O)C(=O)N(CC(=O)c2ccc(OC)cc2OC)C1=O. The number of amides is 4. The van der Waals surface area contributed by atoms with Gasteiger partial charge in [-0.25, -0.2) is 9.69 Å². The van der Waals surface area contributed by atoms with Crippen LogP contribution in [0.15, 0.2) is 18.2 Å². The van der Waals surface area contributed by atoms with Crippen molar-refractivity contribution < 1.29 is 28.7 Å². The predicted molar refractivity (Wildman–Crippen MR) is 83.0 cm³/mol. The fraction of sp³-hybridized carbons (Fsp3) is 0.375. The van der Waals surface area contributed by atoms with Gasteiger partial charge in [-0.15, -0.1) is 0 Å². The molecule has 0 aliphatic carbocycles. The number of imide groups is 2. The highest BCUT2D eigenvalue weighted by atomic mass is 16.5. The molecule has 0 aromatic heterocycles. The Bertz CT molecular complexity index is 700. The van der Waals surface area contributed by atoms with E-state index in [0.717, 1.165) is 4.90 Å². The Morgan fingerprint density at radius 2 is 1.71 bits per heavy atom. The van der Waals surface area contributed by atoms with Gasteiger partial charge in [-0.1, -0.05) is 6.92 Å². The maximum absolute atomic E-state index is 12.4. The summed E-state index contributed by atoms with van der Waals surface area (Å²) in [6.45, 7) is 1.40. The summed E-state index contributed by atoms with van der Waals surface area (Å²) in [7, 11) is 2.87. The third kappa shape index (κ3) is 3.08. The van der Waals surface area contributed by atoms with Crippen LogP contribution in [0.2, 0.25) is 0 Å². The van der Waals surface area contributed by atoms with E-state index >= 15 is 0 Å². The van der Waals surface area contributed by atoms with E-state index in [9.17, 15) is 19.2 Å². The fourth-order valence-corrected chi connectivity index (χ4v) is 2.37. The van der Waals surface area contributed by atoms with Crippen LogP contribution in [-0.2, 0) is 9.59 Å². The largest absolute Gasteiger partial charge is 0.497 e.